The molecule has 30 heavy (non-hydrogen) atoms. The first-order chi connectivity index (χ1) is 13.8. The summed E-state index contributed by atoms with van der Waals surface area (Å²) in [5, 5.41) is 11.9. The van der Waals surface area contributed by atoms with Gasteiger partial charge in [-0.25, -0.2) is 4.21 Å². The average molecular weight is 449 g/mol. The van der Waals surface area contributed by atoms with Crippen molar-refractivity contribution >= 4 is 31.0 Å². The summed E-state index contributed by atoms with van der Waals surface area (Å²) in [5.74, 6) is -2.59. The van der Waals surface area contributed by atoms with Crippen molar-refractivity contribution in [2.24, 2.45) is 11.8 Å². The molecule has 1 aromatic rings. The minimum Gasteiger partial charge on any atom is -0.543 e. The van der Waals surface area contributed by atoms with E-state index in [1.165, 1.54) is 4.90 Å². The van der Waals surface area contributed by atoms with Crippen LogP contribution in [-0.4, -0.2) is 41.4 Å². The highest BCUT2D eigenvalue weighted by molar-refractivity contribution is 7.89. The van der Waals surface area contributed by atoms with Gasteiger partial charge in [-0.15, -0.1) is 0 Å². The average Bonchev–Trinajstić information content (AvgIpc) is 2.89. The van der Waals surface area contributed by atoms with Crippen LogP contribution in [0, 0.1) is 11.8 Å². The normalized spacial score (nSPS) is 26.3. The fraction of sp³-hybridized carbons (Fsp3) is 0.545. The molecule has 2 aliphatic rings. The third kappa shape index (κ3) is 3.59. The maximum absolute atomic E-state index is 13.2. The van der Waals surface area contributed by atoms with Crippen molar-refractivity contribution in [3.63, 3.8) is 0 Å². The quantitative estimate of drug-likeness (QED) is 0.493. The number of hydrogen-bond donors (Lipinski definition) is 0. The van der Waals surface area contributed by atoms with Crippen molar-refractivity contribution in [1.29, 1.82) is 0 Å². The van der Waals surface area contributed by atoms with Crippen molar-refractivity contribution in [2.45, 2.75) is 69.8 Å². The van der Waals surface area contributed by atoms with Gasteiger partial charge in [0.2, 0.25) is 5.91 Å². The van der Waals surface area contributed by atoms with Crippen LogP contribution in [-0.2, 0) is 24.8 Å². The molecule has 0 radical (unpaired) electrons. The largest absolute Gasteiger partial charge is 0.543 e. The van der Waals surface area contributed by atoms with E-state index in [0.717, 1.165) is 0 Å². The first-order valence-electron chi connectivity index (χ1n) is 10.2. The Morgan fingerprint density at radius 2 is 1.80 bits per heavy atom. The van der Waals surface area contributed by atoms with Gasteiger partial charge in [0, 0.05) is 10.8 Å². The van der Waals surface area contributed by atoms with Crippen LogP contribution >= 0.6 is 0 Å². The fourth-order valence-corrected chi connectivity index (χ4v) is 7.06. The minimum absolute atomic E-state index is 0.0105. The van der Waals surface area contributed by atoms with Gasteiger partial charge in [0.25, 0.3) is 0 Å². The molecule has 0 saturated carbocycles. The Morgan fingerprint density at radius 1 is 1.23 bits per heavy atom. The number of carboxylic acids is 1. The molecule has 0 aliphatic carbocycles. The number of carbonyl (C=O) groups is 2. The molecule has 6 nitrogen and oxygen atoms in total. The zero-order valence-corrected chi connectivity index (χ0v) is 20.4. The maximum atomic E-state index is 13.2. The van der Waals surface area contributed by atoms with Crippen molar-refractivity contribution in [1.82, 2.24) is 4.90 Å². The van der Waals surface area contributed by atoms with E-state index in [-0.39, 0.29) is 39.6 Å². The van der Waals surface area contributed by atoms with E-state index < -0.39 is 31.0 Å². The molecule has 3 rings (SSSR count). The van der Waals surface area contributed by atoms with E-state index in [2.05, 4.69) is 33.9 Å². The molecule has 0 aromatic heterocycles. The number of rotatable bonds is 6. The lowest BCUT2D eigenvalue weighted by molar-refractivity contribution is -0.301. The standard InChI is InChI=1S/C22H31NO5SSi/c1-13-17-16(14(2)28-30(6,7)22(3,4)5)20(24)23(17)18(21(25)26)19(13)29(27)15-11-9-8-10-12-15/h8-14,16-17H,1-7H3,(H,25,26)/p-1/t13-,14-,16-,17-,29?/m1/s1. The van der Waals surface area contributed by atoms with E-state index >= 15 is 0 Å². The van der Waals surface area contributed by atoms with Crippen LogP contribution in [0.2, 0.25) is 18.1 Å². The first-order valence-corrected chi connectivity index (χ1v) is 14.3. The van der Waals surface area contributed by atoms with Crippen molar-refractivity contribution in [2.75, 3.05) is 0 Å². The second-order valence-electron chi connectivity index (χ2n) is 9.68. The van der Waals surface area contributed by atoms with Crippen LogP contribution in [0.3, 0.4) is 0 Å². The molecule has 2 aliphatic heterocycles. The highest BCUT2D eigenvalue weighted by Gasteiger charge is 2.60. The van der Waals surface area contributed by atoms with Gasteiger partial charge in [0.15, 0.2) is 8.32 Å². The number of fused-ring (bicyclic) bond motifs is 1. The first kappa shape index (κ1) is 22.9. The lowest BCUT2D eigenvalue weighted by Gasteiger charge is -2.50. The molecule has 0 bridgehead atoms. The van der Waals surface area contributed by atoms with E-state index in [9.17, 15) is 18.9 Å². The molecule has 1 aromatic carbocycles. The zero-order chi connectivity index (χ0) is 22.6. The van der Waals surface area contributed by atoms with Crippen LogP contribution in [0.25, 0.3) is 0 Å². The van der Waals surface area contributed by atoms with Crippen molar-refractivity contribution < 1.29 is 23.3 Å². The Bertz CT molecular complexity index is 921. The molecule has 1 amide bonds. The molecular weight excluding hydrogens is 418 g/mol. The lowest BCUT2D eigenvalue weighted by Crippen LogP contribution is -2.65. The fourth-order valence-electron chi connectivity index (χ4n) is 4.14. The van der Waals surface area contributed by atoms with E-state index in [1.807, 2.05) is 13.8 Å². The second-order valence-corrected chi connectivity index (χ2v) is 15.9. The van der Waals surface area contributed by atoms with Gasteiger partial charge in [-0.1, -0.05) is 45.9 Å². The summed E-state index contributed by atoms with van der Waals surface area (Å²) in [4.78, 5) is 27.0. The smallest absolute Gasteiger partial charge is 0.235 e. The van der Waals surface area contributed by atoms with Crippen molar-refractivity contribution in [3.05, 3.63) is 40.9 Å². The van der Waals surface area contributed by atoms with Gasteiger partial charge < -0.3 is 19.2 Å². The predicted octanol–water partition coefficient (Wildman–Crippen LogP) is 2.64. The molecule has 2 heterocycles. The summed E-state index contributed by atoms with van der Waals surface area (Å²) < 4.78 is 19.7. The number of nitrogens with zero attached hydrogens (tertiary/aromatic N) is 1. The Balaban J connectivity index is 1.92. The maximum Gasteiger partial charge on any atom is 0.235 e. The highest BCUT2D eigenvalue weighted by atomic mass is 32.2. The molecule has 8 heteroatoms. The summed E-state index contributed by atoms with van der Waals surface area (Å²) >= 11 is 0. The van der Waals surface area contributed by atoms with Crippen LogP contribution in [0.1, 0.15) is 34.6 Å². The number of carbonyl (C=O) groups excluding carboxylic acids is 2. The van der Waals surface area contributed by atoms with E-state index in [1.54, 1.807) is 30.3 Å². The molecule has 0 N–H and O–H groups in total. The minimum atomic E-state index is -2.11. The molecule has 1 saturated heterocycles. The molecule has 1 fully saturated rings. The molecule has 164 valence electrons. The van der Waals surface area contributed by atoms with Crippen LogP contribution in [0.15, 0.2) is 45.8 Å². The summed E-state index contributed by atoms with van der Waals surface area (Å²) in [6.45, 7) is 14.4. The summed E-state index contributed by atoms with van der Waals surface area (Å²) in [6, 6.07) is 8.32. The number of aliphatic carboxylic acids is 1. The Kier molecular flexibility index (Phi) is 5.90. The zero-order valence-electron chi connectivity index (χ0n) is 18.6. The molecule has 0 spiro atoms. The number of β-lactam (4-membered cyclic amide) rings is 1. The number of amides is 1. The van der Waals surface area contributed by atoms with E-state index in [4.69, 9.17) is 4.43 Å². The van der Waals surface area contributed by atoms with Gasteiger partial charge in [-0.2, -0.15) is 0 Å². The van der Waals surface area contributed by atoms with Gasteiger partial charge >= 0.3 is 0 Å². The molecule has 5 atom stereocenters. The van der Waals surface area contributed by atoms with Crippen LogP contribution < -0.4 is 5.11 Å². The van der Waals surface area contributed by atoms with Gasteiger partial charge in [0.05, 0.1) is 45.4 Å². The van der Waals surface area contributed by atoms with Gasteiger partial charge in [0.1, 0.15) is 0 Å². The Morgan fingerprint density at radius 3 is 2.30 bits per heavy atom. The summed E-state index contributed by atoms with van der Waals surface area (Å²) in [6.07, 6.45) is -0.352. The Labute approximate surface area is 181 Å². The van der Waals surface area contributed by atoms with Crippen LogP contribution in [0.5, 0.6) is 0 Å². The molecule has 1 unspecified atom stereocenters. The van der Waals surface area contributed by atoms with Crippen LogP contribution in [0.4, 0.5) is 0 Å². The van der Waals surface area contributed by atoms with Gasteiger partial charge in [-0.05, 0) is 37.2 Å². The monoisotopic (exact) mass is 448 g/mol. The number of benzene rings is 1. The summed E-state index contributed by atoms with van der Waals surface area (Å²) in [5.41, 5.74) is -0.240. The van der Waals surface area contributed by atoms with Crippen molar-refractivity contribution in [3.8, 4) is 0 Å². The third-order valence-corrected chi connectivity index (χ3v) is 13.0. The number of carboxylic acid groups (broad SMARTS) is 1. The SMILES string of the molecule is C[C@@H](O[Si](C)(C)C(C)(C)C)[C@H]1C(=O)N2C(C(=O)[O-])=C(S(=O)c3ccccc3)[C@H](C)[C@H]12. The third-order valence-electron chi connectivity index (χ3n) is 6.73. The Hall–Kier alpha value is -1.77. The summed E-state index contributed by atoms with van der Waals surface area (Å²) in [7, 11) is -3.80. The second kappa shape index (κ2) is 7.73. The van der Waals surface area contributed by atoms with Gasteiger partial charge in [-0.3, -0.25) is 4.79 Å². The van der Waals surface area contributed by atoms with E-state index in [0.29, 0.717) is 4.90 Å². The number of hydrogen-bond acceptors (Lipinski definition) is 5. The lowest BCUT2D eigenvalue weighted by atomic mass is 9.79. The molecular formula is C22H30NO5SSi-. The topological polar surface area (TPSA) is 86.7 Å². The highest BCUT2D eigenvalue weighted by Crippen LogP contribution is 2.50. The predicted molar refractivity (Wildman–Crippen MR) is 116 cm³/mol.